The maximum absolute atomic E-state index is 15.2. The van der Waals surface area contributed by atoms with Crippen LogP contribution in [0.1, 0.15) is 44.7 Å². The van der Waals surface area contributed by atoms with Gasteiger partial charge in [-0.1, -0.05) is 13.8 Å². The molecule has 1 aromatic heterocycles. The smallest absolute Gasteiger partial charge is 0.350 e. The van der Waals surface area contributed by atoms with Crippen LogP contribution in [0.15, 0.2) is 15.7 Å². The summed E-state index contributed by atoms with van der Waals surface area (Å²) in [6.07, 6.45) is 2.59. The summed E-state index contributed by atoms with van der Waals surface area (Å²) >= 11 is 0. The number of anilines is 1. The number of fused-ring (bicyclic) bond motifs is 1. The third kappa shape index (κ3) is 2.73. The minimum absolute atomic E-state index is 0.00400. The molecule has 1 unspecified atom stereocenters. The highest BCUT2D eigenvalue weighted by Gasteiger charge is 2.40. The number of benzene rings is 1. The maximum atomic E-state index is 15.2. The second kappa shape index (κ2) is 6.34. The van der Waals surface area contributed by atoms with Crippen molar-refractivity contribution in [1.29, 1.82) is 0 Å². The number of hydrogen-bond acceptors (Lipinski definition) is 5. The van der Waals surface area contributed by atoms with Gasteiger partial charge < -0.3 is 16.5 Å². The minimum Gasteiger partial charge on any atom is -0.368 e. The van der Waals surface area contributed by atoms with E-state index in [2.05, 4.69) is 13.8 Å². The standard InChI is InChI=1S/C20H28FN5O2/c1-11-16-14(18(27)26(23)19(28)25(16)13-4-5-13)8-15(21)17(11)24-9-12(6-7-22)20(2,3)10-24/h8,12-13H,4-7,9-10,22-23H2,1-3H3. The van der Waals surface area contributed by atoms with E-state index in [-0.39, 0.29) is 16.8 Å². The molecule has 4 rings (SSSR count). The molecule has 2 aromatic rings. The Morgan fingerprint density at radius 2 is 1.96 bits per heavy atom. The van der Waals surface area contributed by atoms with Gasteiger partial charge in [0.25, 0.3) is 5.56 Å². The van der Waals surface area contributed by atoms with Gasteiger partial charge in [-0.15, -0.1) is 0 Å². The van der Waals surface area contributed by atoms with Crippen LogP contribution in [0, 0.1) is 24.1 Å². The predicted molar refractivity (Wildman–Crippen MR) is 109 cm³/mol. The first-order valence-corrected chi connectivity index (χ1v) is 9.87. The lowest BCUT2D eigenvalue weighted by atomic mass is 9.80. The van der Waals surface area contributed by atoms with Gasteiger partial charge in [0, 0.05) is 24.7 Å². The molecule has 1 aliphatic heterocycles. The molecule has 0 bridgehead atoms. The topological polar surface area (TPSA) is 99.3 Å². The van der Waals surface area contributed by atoms with Crippen LogP contribution in [0.4, 0.5) is 10.1 Å². The lowest BCUT2D eigenvalue weighted by Crippen LogP contribution is -2.44. The molecule has 2 heterocycles. The van der Waals surface area contributed by atoms with Crippen LogP contribution < -0.4 is 27.7 Å². The van der Waals surface area contributed by atoms with E-state index in [1.54, 1.807) is 11.5 Å². The van der Waals surface area contributed by atoms with Crippen LogP contribution in [-0.4, -0.2) is 28.9 Å². The number of halogens is 1. The third-order valence-electron chi connectivity index (χ3n) is 6.45. The summed E-state index contributed by atoms with van der Waals surface area (Å²) in [5.74, 6) is 5.59. The van der Waals surface area contributed by atoms with Crippen molar-refractivity contribution >= 4 is 16.6 Å². The number of aryl methyl sites for hydroxylation is 1. The van der Waals surface area contributed by atoms with Crippen molar-refractivity contribution < 1.29 is 4.39 Å². The Balaban J connectivity index is 1.95. The van der Waals surface area contributed by atoms with E-state index in [9.17, 15) is 9.59 Å². The first-order valence-electron chi connectivity index (χ1n) is 9.87. The molecular weight excluding hydrogens is 361 g/mol. The van der Waals surface area contributed by atoms with Gasteiger partial charge in [-0.2, -0.15) is 4.68 Å². The SMILES string of the molecule is Cc1c(N2CC(CCN)C(C)(C)C2)c(F)cc2c(=O)n(N)c(=O)n(C3CC3)c12. The average molecular weight is 389 g/mol. The molecule has 1 atom stereocenters. The van der Waals surface area contributed by atoms with Gasteiger partial charge in [-0.3, -0.25) is 9.36 Å². The van der Waals surface area contributed by atoms with E-state index in [1.165, 1.54) is 6.07 Å². The number of nitrogens with zero attached hydrogens (tertiary/aromatic N) is 3. The zero-order valence-electron chi connectivity index (χ0n) is 16.7. The van der Waals surface area contributed by atoms with Gasteiger partial charge in [0.05, 0.1) is 16.6 Å². The number of aromatic nitrogens is 2. The Labute approximate surface area is 162 Å². The molecular formula is C20H28FN5O2. The minimum atomic E-state index is -0.659. The van der Waals surface area contributed by atoms with E-state index in [0.29, 0.717) is 47.0 Å². The number of nitrogen functional groups attached to an aromatic ring is 1. The van der Waals surface area contributed by atoms with Crippen molar-refractivity contribution in [3.63, 3.8) is 0 Å². The lowest BCUT2D eigenvalue weighted by molar-refractivity contribution is 0.277. The van der Waals surface area contributed by atoms with E-state index >= 15 is 4.39 Å². The highest BCUT2D eigenvalue weighted by Crippen LogP contribution is 2.43. The van der Waals surface area contributed by atoms with Gasteiger partial charge in [-0.25, -0.2) is 9.18 Å². The quantitative estimate of drug-likeness (QED) is 0.772. The highest BCUT2D eigenvalue weighted by molar-refractivity contribution is 5.87. The van der Waals surface area contributed by atoms with Crippen molar-refractivity contribution in [3.8, 4) is 0 Å². The van der Waals surface area contributed by atoms with Crippen molar-refractivity contribution in [1.82, 2.24) is 9.24 Å². The van der Waals surface area contributed by atoms with Gasteiger partial charge >= 0.3 is 5.69 Å². The Morgan fingerprint density at radius 1 is 1.29 bits per heavy atom. The Kier molecular flexibility index (Phi) is 4.30. The summed E-state index contributed by atoms with van der Waals surface area (Å²) in [5, 5.41) is 0.157. The first-order chi connectivity index (χ1) is 13.2. The van der Waals surface area contributed by atoms with Crippen molar-refractivity contribution in [2.75, 3.05) is 30.4 Å². The van der Waals surface area contributed by atoms with Crippen LogP contribution in [-0.2, 0) is 0 Å². The van der Waals surface area contributed by atoms with Crippen molar-refractivity contribution in [2.24, 2.45) is 17.1 Å². The van der Waals surface area contributed by atoms with Crippen LogP contribution in [0.25, 0.3) is 10.9 Å². The molecule has 7 nitrogen and oxygen atoms in total. The molecule has 1 aliphatic carbocycles. The Bertz CT molecular complexity index is 1070. The van der Waals surface area contributed by atoms with E-state index in [1.807, 2.05) is 4.90 Å². The third-order valence-corrected chi connectivity index (χ3v) is 6.45. The molecule has 2 aliphatic rings. The fourth-order valence-electron chi connectivity index (χ4n) is 4.77. The molecule has 1 saturated carbocycles. The molecule has 0 spiro atoms. The molecule has 1 aromatic carbocycles. The normalized spacial score (nSPS) is 21.6. The fraction of sp³-hybridized carbons (Fsp3) is 0.600. The summed E-state index contributed by atoms with van der Waals surface area (Å²) in [4.78, 5) is 27.3. The fourth-order valence-corrected chi connectivity index (χ4v) is 4.77. The molecule has 0 radical (unpaired) electrons. The van der Waals surface area contributed by atoms with E-state index < -0.39 is 17.1 Å². The van der Waals surface area contributed by atoms with Crippen LogP contribution in [0.3, 0.4) is 0 Å². The van der Waals surface area contributed by atoms with Crippen molar-refractivity contribution in [3.05, 3.63) is 38.3 Å². The first kappa shape index (κ1) is 19.0. The van der Waals surface area contributed by atoms with Gasteiger partial charge in [0.1, 0.15) is 5.82 Å². The average Bonchev–Trinajstić information content (AvgIpc) is 3.40. The monoisotopic (exact) mass is 389 g/mol. The maximum Gasteiger partial charge on any atom is 0.350 e. The number of nitrogens with two attached hydrogens (primary N) is 2. The van der Waals surface area contributed by atoms with Crippen LogP contribution >= 0.6 is 0 Å². The van der Waals surface area contributed by atoms with E-state index in [4.69, 9.17) is 11.6 Å². The van der Waals surface area contributed by atoms with Gasteiger partial charge in [0.2, 0.25) is 0 Å². The molecule has 28 heavy (non-hydrogen) atoms. The van der Waals surface area contributed by atoms with E-state index in [0.717, 1.165) is 19.3 Å². The summed E-state index contributed by atoms with van der Waals surface area (Å²) in [7, 11) is 0. The van der Waals surface area contributed by atoms with Gasteiger partial charge in [-0.05, 0) is 50.1 Å². The Hall–Kier alpha value is -2.35. The summed E-state index contributed by atoms with van der Waals surface area (Å²) in [6, 6.07) is 1.26. The van der Waals surface area contributed by atoms with Crippen LogP contribution in [0.2, 0.25) is 0 Å². The lowest BCUT2D eigenvalue weighted by Gasteiger charge is -2.26. The zero-order chi connectivity index (χ0) is 20.4. The largest absolute Gasteiger partial charge is 0.368 e. The van der Waals surface area contributed by atoms with Crippen LogP contribution in [0.5, 0.6) is 0 Å². The molecule has 8 heteroatoms. The molecule has 152 valence electrons. The zero-order valence-corrected chi connectivity index (χ0v) is 16.7. The molecule has 0 amide bonds. The number of hydrogen-bond donors (Lipinski definition) is 2. The summed E-state index contributed by atoms with van der Waals surface area (Å²) in [5.41, 5.74) is 6.19. The summed E-state index contributed by atoms with van der Waals surface area (Å²) < 4.78 is 17.4. The molecule has 2 fully saturated rings. The predicted octanol–water partition coefficient (Wildman–Crippen LogP) is 1.47. The second-order valence-electron chi connectivity index (χ2n) is 8.93. The van der Waals surface area contributed by atoms with Gasteiger partial charge in [0.15, 0.2) is 0 Å². The highest BCUT2D eigenvalue weighted by atomic mass is 19.1. The Morgan fingerprint density at radius 3 is 2.57 bits per heavy atom. The molecule has 1 saturated heterocycles. The molecule has 4 N–H and O–H groups in total. The summed E-state index contributed by atoms with van der Waals surface area (Å²) in [6.45, 7) is 8.14. The second-order valence-corrected chi connectivity index (χ2v) is 8.93. The van der Waals surface area contributed by atoms with Crippen molar-refractivity contribution in [2.45, 2.75) is 46.1 Å². The number of rotatable bonds is 4.